The van der Waals surface area contributed by atoms with Crippen LogP contribution >= 0.6 is 0 Å². The molecule has 0 unspecified atom stereocenters. The van der Waals surface area contributed by atoms with Crippen LogP contribution in [0.5, 0.6) is 0 Å². The zero-order valence-electron chi connectivity index (χ0n) is 10.5. The first-order chi connectivity index (χ1) is 7.49. The van der Waals surface area contributed by atoms with Gasteiger partial charge in [-0.05, 0) is 42.0 Å². The van der Waals surface area contributed by atoms with Crippen LogP contribution < -0.4 is 5.73 Å². The minimum Gasteiger partial charge on any atom is -0.330 e. The van der Waals surface area contributed by atoms with Gasteiger partial charge in [-0.3, -0.25) is 0 Å². The zero-order valence-corrected chi connectivity index (χ0v) is 10.5. The molecule has 0 amide bonds. The summed E-state index contributed by atoms with van der Waals surface area (Å²) in [5.74, 6) is 0.238. The zero-order chi connectivity index (χ0) is 12.2. The Morgan fingerprint density at radius 2 is 2.06 bits per heavy atom. The molecule has 0 saturated carbocycles. The molecule has 0 saturated heterocycles. The molecule has 1 atom stereocenters. The third-order valence-corrected chi connectivity index (χ3v) is 3.67. The summed E-state index contributed by atoms with van der Waals surface area (Å²) >= 11 is 0. The van der Waals surface area contributed by atoms with Crippen LogP contribution in [0.4, 0.5) is 4.39 Å². The molecular weight excluding hydrogens is 201 g/mol. The monoisotopic (exact) mass is 223 g/mol. The van der Waals surface area contributed by atoms with Crippen LogP contribution in [0.25, 0.3) is 0 Å². The van der Waals surface area contributed by atoms with Crippen LogP contribution in [0.3, 0.4) is 0 Å². The molecule has 0 heterocycles. The average Bonchev–Trinajstić information content (AvgIpc) is 2.25. The fourth-order valence-electron chi connectivity index (χ4n) is 1.92. The van der Waals surface area contributed by atoms with Crippen LogP contribution in [-0.4, -0.2) is 6.54 Å². The van der Waals surface area contributed by atoms with Crippen molar-refractivity contribution >= 4 is 0 Å². The predicted molar refractivity (Wildman–Crippen MR) is 66.7 cm³/mol. The molecule has 0 radical (unpaired) electrons. The van der Waals surface area contributed by atoms with E-state index in [1.54, 1.807) is 12.1 Å². The van der Waals surface area contributed by atoms with Gasteiger partial charge in [0, 0.05) is 0 Å². The smallest absolute Gasteiger partial charge is 0.123 e. The van der Waals surface area contributed by atoms with E-state index in [1.165, 1.54) is 6.07 Å². The molecule has 0 aliphatic carbocycles. The number of rotatable bonds is 5. The van der Waals surface area contributed by atoms with E-state index in [9.17, 15) is 4.39 Å². The van der Waals surface area contributed by atoms with Crippen molar-refractivity contribution in [2.75, 3.05) is 6.54 Å². The average molecular weight is 223 g/mol. The highest BCUT2D eigenvalue weighted by Gasteiger charge is 2.26. The van der Waals surface area contributed by atoms with Gasteiger partial charge in [-0.25, -0.2) is 4.39 Å². The molecule has 2 N–H and O–H groups in total. The van der Waals surface area contributed by atoms with Crippen LogP contribution in [0.2, 0.25) is 0 Å². The number of halogens is 1. The maximum atomic E-state index is 13.1. The van der Waals surface area contributed by atoms with Crippen molar-refractivity contribution in [1.29, 1.82) is 0 Å². The lowest BCUT2D eigenvalue weighted by molar-refractivity contribution is 0.208. The molecule has 0 aromatic heterocycles. The van der Waals surface area contributed by atoms with Crippen LogP contribution in [-0.2, 0) is 6.42 Å². The van der Waals surface area contributed by atoms with E-state index in [0.717, 1.165) is 18.4 Å². The lowest BCUT2D eigenvalue weighted by Crippen LogP contribution is -2.31. The van der Waals surface area contributed by atoms with Gasteiger partial charge in [0.1, 0.15) is 5.82 Å². The molecule has 1 nitrogen and oxygen atoms in total. The highest BCUT2D eigenvalue weighted by molar-refractivity contribution is 5.17. The van der Waals surface area contributed by atoms with Crippen LogP contribution in [0.15, 0.2) is 24.3 Å². The number of benzene rings is 1. The fraction of sp³-hybridized carbons (Fsp3) is 0.571. The summed E-state index contributed by atoms with van der Waals surface area (Å²) in [6.45, 7) is 7.28. The lowest BCUT2D eigenvalue weighted by atomic mass is 9.74. The van der Waals surface area contributed by atoms with E-state index in [-0.39, 0.29) is 11.2 Å². The normalized spacial score (nSPS) is 13.8. The molecule has 1 rings (SSSR count). The quantitative estimate of drug-likeness (QED) is 0.813. The van der Waals surface area contributed by atoms with Crippen molar-refractivity contribution in [3.63, 3.8) is 0 Å². The maximum Gasteiger partial charge on any atom is 0.123 e. The standard InChI is InChI=1S/C14H22FN/c1-4-14(2,3)12(10-16)8-11-6-5-7-13(15)9-11/h5-7,9,12H,4,8,10,16H2,1-3H3/t12-/m0/s1. The topological polar surface area (TPSA) is 26.0 Å². The van der Waals surface area contributed by atoms with E-state index < -0.39 is 0 Å². The van der Waals surface area contributed by atoms with Crippen molar-refractivity contribution in [2.45, 2.75) is 33.6 Å². The van der Waals surface area contributed by atoms with Gasteiger partial charge in [0.25, 0.3) is 0 Å². The second-order valence-electron chi connectivity index (χ2n) is 5.11. The molecule has 90 valence electrons. The third kappa shape index (κ3) is 3.31. The molecule has 0 spiro atoms. The summed E-state index contributed by atoms with van der Waals surface area (Å²) in [5.41, 5.74) is 7.07. The van der Waals surface area contributed by atoms with E-state index in [4.69, 9.17) is 5.73 Å². The Balaban J connectivity index is 2.78. The molecule has 1 aromatic carbocycles. The van der Waals surface area contributed by atoms with Gasteiger partial charge in [0.05, 0.1) is 0 Å². The first-order valence-electron chi connectivity index (χ1n) is 5.94. The van der Waals surface area contributed by atoms with Crippen molar-refractivity contribution in [3.8, 4) is 0 Å². The predicted octanol–water partition coefficient (Wildman–Crippen LogP) is 3.38. The second-order valence-corrected chi connectivity index (χ2v) is 5.11. The molecule has 0 aliphatic heterocycles. The van der Waals surface area contributed by atoms with Gasteiger partial charge in [0.2, 0.25) is 0 Å². The first kappa shape index (κ1) is 13.2. The van der Waals surface area contributed by atoms with Crippen molar-refractivity contribution in [1.82, 2.24) is 0 Å². The highest BCUT2D eigenvalue weighted by atomic mass is 19.1. The minimum absolute atomic E-state index is 0.164. The van der Waals surface area contributed by atoms with E-state index in [2.05, 4.69) is 20.8 Å². The summed E-state index contributed by atoms with van der Waals surface area (Å²) in [6.07, 6.45) is 1.94. The Morgan fingerprint density at radius 3 is 2.56 bits per heavy atom. The fourth-order valence-corrected chi connectivity index (χ4v) is 1.92. The summed E-state index contributed by atoms with van der Waals surface area (Å²) in [4.78, 5) is 0. The highest BCUT2D eigenvalue weighted by Crippen LogP contribution is 2.32. The molecule has 16 heavy (non-hydrogen) atoms. The Labute approximate surface area is 97.9 Å². The largest absolute Gasteiger partial charge is 0.330 e. The first-order valence-corrected chi connectivity index (χ1v) is 5.94. The molecule has 2 heteroatoms. The van der Waals surface area contributed by atoms with Gasteiger partial charge in [-0.15, -0.1) is 0 Å². The summed E-state index contributed by atoms with van der Waals surface area (Å²) < 4.78 is 13.1. The van der Waals surface area contributed by atoms with Crippen molar-refractivity contribution in [2.24, 2.45) is 17.1 Å². The van der Waals surface area contributed by atoms with Crippen molar-refractivity contribution in [3.05, 3.63) is 35.6 Å². The van der Waals surface area contributed by atoms with Gasteiger partial charge >= 0.3 is 0 Å². The Bertz CT molecular complexity index is 333. The Kier molecular flexibility index (Phi) is 4.48. The number of nitrogens with two attached hydrogens (primary N) is 1. The van der Waals surface area contributed by atoms with Gasteiger partial charge in [-0.1, -0.05) is 39.3 Å². The molecule has 0 aliphatic rings. The lowest BCUT2D eigenvalue weighted by Gasteiger charge is -2.32. The number of hydrogen-bond acceptors (Lipinski definition) is 1. The second kappa shape index (κ2) is 5.44. The minimum atomic E-state index is -0.164. The van der Waals surface area contributed by atoms with Crippen LogP contribution in [0.1, 0.15) is 32.8 Å². The molecular formula is C14H22FN. The Hall–Kier alpha value is -0.890. The van der Waals surface area contributed by atoms with E-state index in [1.807, 2.05) is 6.07 Å². The van der Waals surface area contributed by atoms with Crippen molar-refractivity contribution < 1.29 is 4.39 Å². The van der Waals surface area contributed by atoms with Gasteiger partial charge in [0.15, 0.2) is 0 Å². The van der Waals surface area contributed by atoms with E-state index in [0.29, 0.717) is 12.5 Å². The van der Waals surface area contributed by atoms with Crippen LogP contribution in [0, 0.1) is 17.2 Å². The number of hydrogen-bond donors (Lipinski definition) is 1. The SMILES string of the molecule is CCC(C)(C)[C@H](CN)Cc1cccc(F)c1. The van der Waals surface area contributed by atoms with Gasteiger partial charge in [-0.2, -0.15) is 0 Å². The Morgan fingerprint density at radius 1 is 1.38 bits per heavy atom. The third-order valence-electron chi connectivity index (χ3n) is 3.67. The molecule has 0 bridgehead atoms. The summed E-state index contributed by atoms with van der Waals surface area (Å²) in [7, 11) is 0. The molecule has 1 aromatic rings. The van der Waals surface area contributed by atoms with Gasteiger partial charge < -0.3 is 5.73 Å². The molecule has 0 fully saturated rings. The summed E-state index contributed by atoms with van der Waals surface area (Å²) in [6, 6.07) is 6.81. The van der Waals surface area contributed by atoms with E-state index >= 15 is 0 Å². The maximum absolute atomic E-state index is 13.1. The summed E-state index contributed by atoms with van der Waals surface area (Å²) in [5, 5.41) is 0.